The molecule has 1 aromatic heterocycles. The summed E-state index contributed by atoms with van der Waals surface area (Å²) in [5, 5.41) is 5.17. The summed E-state index contributed by atoms with van der Waals surface area (Å²) in [6.45, 7) is 5.73. The van der Waals surface area contributed by atoms with Gasteiger partial charge in [0.2, 0.25) is 0 Å². The van der Waals surface area contributed by atoms with Gasteiger partial charge in [-0.1, -0.05) is 24.3 Å². The number of thioether (sulfide) groups is 1. The summed E-state index contributed by atoms with van der Waals surface area (Å²) in [6, 6.07) is 6.38. The zero-order chi connectivity index (χ0) is 13.7. The van der Waals surface area contributed by atoms with Gasteiger partial charge in [0.25, 0.3) is 0 Å². The Balaban J connectivity index is 1.92. The van der Waals surface area contributed by atoms with Crippen LogP contribution in [0.1, 0.15) is 5.56 Å². The molecule has 0 spiro atoms. The number of fused-ring (bicyclic) bond motifs is 2. The van der Waals surface area contributed by atoms with E-state index < -0.39 is 0 Å². The predicted octanol–water partition coefficient (Wildman–Crippen LogP) is 4.83. The van der Waals surface area contributed by atoms with Crippen molar-refractivity contribution in [2.45, 2.75) is 0 Å². The molecule has 20 heavy (non-hydrogen) atoms. The van der Waals surface area contributed by atoms with Crippen LogP contribution in [-0.4, -0.2) is 23.2 Å². The minimum Gasteiger partial charge on any atom is -0.317 e. The first-order valence-corrected chi connectivity index (χ1v) is 8.39. The van der Waals surface area contributed by atoms with Crippen LogP contribution in [0.15, 0.2) is 46.1 Å². The van der Waals surface area contributed by atoms with Gasteiger partial charge in [-0.15, -0.1) is 11.3 Å². The van der Waals surface area contributed by atoms with Gasteiger partial charge in [0.05, 0.1) is 22.0 Å². The maximum atomic E-state index is 6.42. The molecule has 2 aliphatic rings. The fourth-order valence-electron chi connectivity index (χ4n) is 2.61. The quantitative estimate of drug-likeness (QED) is 0.788. The lowest BCUT2D eigenvalue weighted by molar-refractivity contribution is 0.648. The van der Waals surface area contributed by atoms with E-state index in [4.69, 9.17) is 11.6 Å². The van der Waals surface area contributed by atoms with Crippen LogP contribution >= 0.6 is 34.7 Å². The summed E-state index contributed by atoms with van der Waals surface area (Å²) < 4.78 is 1.15. The molecule has 0 atom stereocenters. The van der Waals surface area contributed by atoms with E-state index in [1.54, 1.807) is 23.1 Å². The topological polar surface area (TPSA) is 15.6 Å². The number of benzene rings is 1. The number of hydrogen-bond donors (Lipinski definition) is 0. The van der Waals surface area contributed by atoms with E-state index in [2.05, 4.69) is 40.1 Å². The summed E-state index contributed by atoms with van der Waals surface area (Å²) in [5.41, 5.74) is 2.34. The molecule has 0 radical (unpaired) electrons. The Morgan fingerprint density at radius 1 is 1.40 bits per heavy atom. The molecule has 0 N–H and O–H groups in total. The lowest BCUT2D eigenvalue weighted by atomic mass is 10.1. The molecular weight excluding hydrogens is 308 g/mol. The number of nitrogens with zero attached hydrogens (tertiary/aromatic N) is 2. The minimum absolute atomic E-state index is 0.818. The smallest absolute Gasteiger partial charge is 0.168 e. The average Bonchev–Trinajstić information content (AvgIpc) is 3.12. The lowest BCUT2D eigenvalue weighted by Gasteiger charge is -2.17. The molecule has 0 saturated carbocycles. The number of rotatable bonds is 2. The molecule has 100 valence electrons. The third-order valence-electron chi connectivity index (χ3n) is 3.47. The van der Waals surface area contributed by atoms with Gasteiger partial charge in [-0.2, -0.15) is 0 Å². The number of halogens is 1. The zero-order valence-corrected chi connectivity index (χ0v) is 13.0. The highest BCUT2D eigenvalue weighted by Crippen LogP contribution is 2.43. The monoisotopic (exact) mass is 318 g/mol. The molecule has 0 unspecified atom stereocenters. The second-order valence-corrected chi connectivity index (χ2v) is 6.96. The second-order valence-electron chi connectivity index (χ2n) is 4.63. The Morgan fingerprint density at radius 2 is 2.30 bits per heavy atom. The zero-order valence-electron chi connectivity index (χ0n) is 10.6. The van der Waals surface area contributed by atoms with Crippen molar-refractivity contribution in [3.63, 3.8) is 0 Å². The molecule has 0 amide bonds. The van der Waals surface area contributed by atoms with Gasteiger partial charge in [0.1, 0.15) is 0 Å². The molecule has 5 heteroatoms. The first-order chi connectivity index (χ1) is 9.78. The molecule has 4 rings (SSSR count). The molecule has 2 aromatic rings. The highest BCUT2D eigenvalue weighted by Gasteiger charge is 2.32. The van der Waals surface area contributed by atoms with Crippen molar-refractivity contribution in [3.05, 3.63) is 51.7 Å². The summed E-state index contributed by atoms with van der Waals surface area (Å²) in [7, 11) is 0. The van der Waals surface area contributed by atoms with Crippen LogP contribution < -0.4 is 0 Å². The molecule has 3 heterocycles. The fraction of sp³-hybridized carbons (Fsp3) is 0.133. The van der Waals surface area contributed by atoms with Crippen LogP contribution in [-0.2, 0) is 0 Å². The van der Waals surface area contributed by atoms with E-state index in [0.717, 1.165) is 38.4 Å². The molecule has 2 aliphatic heterocycles. The molecule has 0 bridgehead atoms. The van der Waals surface area contributed by atoms with Gasteiger partial charge < -0.3 is 4.90 Å². The number of amidine groups is 1. The van der Waals surface area contributed by atoms with Crippen molar-refractivity contribution in [2.24, 2.45) is 4.99 Å². The second kappa shape index (κ2) is 4.65. The normalized spacial score (nSPS) is 17.9. The lowest BCUT2D eigenvalue weighted by Crippen LogP contribution is -2.19. The molecule has 0 aliphatic carbocycles. The molecule has 0 fully saturated rings. The SMILES string of the molecule is C=CC1=C(c2cc(Cl)c3sccc3c2)N2CCN=C2S1. The van der Waals surface area contributed by atoms with Gasteiger partial charge in [0, 0.05) is 17.0 Å². The summed E-state index contributed by atoms with van der Waals surface area (Å²) >= 11 is 9.80. The van der Waals surface area contributed by atoms with E-state index in [9.17, 15) is 0 Å². The standard InChI is InChI=1S/C15H11ClN2S2/c1-2-12-13(18-5-4-17-15(18)20-12)10-7-9-3-6-19-14(9)11(16)8-10/h2-3,6-8H,1,4-5H2. The highest BCUT2D eigenvalue weighted by molar-refractivity contribution is 8.17. The van der Waals surface area contributed by atoms with Gasteiger partial charge >= 0.3 is 0 Å². The Morgan fingerprint density at radius 3 is 3.15 bits per heavy atom. The van der Waals surface area contributed by atoms with E-state index in [-0.39, 0.29) is 0 Å². The summed E-state index contributed by atoms with van der Waals surface area (Å²) in [6.07, 6.45) is 1.91. The third-order valence-corrected chi connectivity index (χ3v) is 5.96. The average molecular weight is 319 g/mol. The summed E-state index contributed by atoms with van der Waals surface area (Å²) in [4.78, 5) is 7.96. The van der Waals surface area contributed by atoms with Crippen LogP contribution in [0.3, 0.4) is 0 Å². The van der Waals surface area contributed by atoms with Gasteiger partial charge in [-0.25, -0.2) is 0 Å². The Kier molecular flexibility index (Phi) is 2.91. The van der Waals surface area contributed by atoms with Crippen LogP contribution in [0.2, 0.25) is 5.02 Å². The van der Waals surface area contributed by atoms with Crippen LogP contribution in [0.4, 0.5) is 0 Å². The van der Waals surface area contributed by atoms with Crippen molar-refractivity contribution in [1.82, 2.24) is 4.90 Å². The van der Waals surface area contributed by atoms with Gasteiger partial charge in [0.15, 0.2) is 5.17 Å². The van der Waals surface area contributed by atoms with Crippen molar-refractivity contribution in [3.8, 4) is 0 Å². The van der Waals surface area contributed by atoms with Crippen LogP contribution in [0, 0.1) is 0 Å². The summed E-state index contributed by atoms with van der Waals surface area (Å²) in [5.74, 6) is 0. The van der Waals surface area contributed by atoms with E-state index in [1.807, 2.05) is 6.08 Å². The third kappa shape index (κ3) is 1.75. The largest absolute Gasteiger partial charge is 0.317 e. The molecule has 2 nitrogen and oxygen atoms in total. The molecular formula is C15H11ClN2S2. The minimum atomic E-state index is 0.818. The number of hydrogen-bond acceptors (Lipinski definition) is 4. The van der Waals surface area contributed by atoms with Gasteiger partial charge in [-0.3, -0.25) is 4.99 Å². The van der Waals surface area contributed by atoms with Crippen LogP contribution in [0.25, 0.3) is 15.8 Å². The van der Waals surface area contributed by atoms with Gasteiger partial charge in [-0.05, 0) is 40.7 Å². The van der Waals surface area contributed by atoms with E-state index in [0.29, 0.717) is 0 Å². The number of aliphatic imine (C=N–C) groups is 1. The first-order valence-electron chi connectivity index (χ1n) is 6.31. The number of allylic oxidation sites excluding steroid dienone is 1. The Labute approximate surface area is 130 Å². The first kappa shape index (κ1) is 12.5. The van der Waals surface area contributed by atoms with Crippen molar-refractivity contribution >= 4 is 55.7 Å². The van der Waals surface area contributed by atoms with Crippen molar-refractivity contribution in [2.75, 3.05) is 13.1 Å². The Hall–Kier alpha value is -1.23. The maximum Gasteiger partial charge on any atom is 0.168 e. The maximum absolute atomic E-state index is 6.42. The van der Waals surface area contributed by atoms with Crippen molar-refractivity contribution < 1.29 is 0 Å². The van der Waals surface area contributed by atoms with E-state index in [1.165, 1.54) is 11.1 Å². The van der Waals surface area contributed by atoms with Crippen LogP contribution in [0.5, 0.6) is 0 Å². The fourth-order valence-corrected chi connectivity index (χ4v) is 4.81. The molecule has 1 aromatic carbocycles. The predicted molar refractivity (Wildman–Crippen MR) is 90.6 cm³/mol. The molecule has 0 saturated heterocycles. The van der Waals surface area contributed by atoms with E-state index >= 15 is 0 Å². The number of thiophene rings is 1. The Bertz CT molecular complexity index is 788. The van der Waals surface area contributed by atoms with Crippen molar-refractivity contribution in [1.29, 1.82) is 0 Å². The highest BCUT2D eigenvalue weighted by atomic mass is 35.5.